The van der Waals surface area contributed by atoms with Gasteiger partial charge in [0.15, 0.2) is 0 Å². The average Bonchev–Trinajstić information content (AvgIpc) is 3.07. The third-order valence-electron chi connectivity index (χ3n) is 3.40. The smallest absolute Gasteiger partial charge is 0.223 e. The molecule has 1 aromatic rings. The van der Waals surface area contributed by atoms with Crippen molar-refractivity contribution in [3.05, 3.63) is 48.2 Å². The summed E-state index contributed by atoms with van der Waals surface area (Å²) >= 11 is 0. The molecule has 0 amide bonds. The molecule has 112 valence electrons. The molecule has 0 aromatic heterocycles. The van der Waals surface area contributed by atoms with E-state index in [1.165, 1.54) is 0 Å². The van der Waals surface area contributed by atoms with Crippen molar-refractivity contribution < 1.29 is 14.3 Å². The van der Waals surface area contributed by atoms with Crippen LogP contribution < -0.4 is 5.32 Å². The van der Waals surface area contributed by atoms with Gasteiger partial charge in [0, 0.05) is 13.2 Å². The van der Waals surface area contributed by atoms with Crippen molar-refractivity contribution in [2.24, 2.45) is 4.99 Å². The number of aliphatic imine (C=N–C) groups is 1. The standard InChI is InChI=1S/C15H19N3O3/c1-16-15-17-8-7-14(12-5-3-2-4-6-12)18(15)21-10-13-9-19-11-20-13/h2-8,13-14H,9-11H2,1H3,(H,16,17). The van der Waals surface area contributed by atoms with Crippen LogP contribution >= 0.6 is 0 Å². The Hall–Kier alpha value is -1.89. The van der Waals surface area contributed by atoms with Crippen molar-refractivity contribution in [2.45, 2.75) is 12.1 Å². The summed E-state index contributed by atoms with van der Waals surface area (Å²) in [6, 6.07) is 10.1. The molecule has 1 saturated heterocycles. The molecule has 6 nitrogen and oxygen atoms in total. The van der Waals surface area contributed by atoms with Crippen molar-refractivity contribution >= 4 is 5.96 Å². The molecule has 3 rings (SSSR count). The normalized spacial score (nSPS) is 27.1. The summed E-state index contributed by atoms with van der Waals surface area (Å²) in [4.78, 5) is 10.2. The number of guanidine groups is 1. The number of nitrogens with zero attached hydrogens (tertiary/aromatic N) is 2. The van der Waals surface area contributed by atoms with E-state index in [4.69, 9.17) is 14.3 Å². The highest BCUT2D eigenvalue weighted by molar-refractivity contribution is 5.81. The Morgan fingerprint density at radius 3 is 2.95 bits per heavy atom. The van der Waals surface area contributed by atoms with Crippen LogP contribution in [0.2, 0.25) is 0 Å². The second-order valence-electron chi connectivity index (χ2n) is 4.81. The molecule has 0 bridgehead atoms. The Balaban J connectivity index is 1.75. The summed E-state index contributed by atoms with van der Waals surface area (Å²) in [6.45, 7) is 1.33. The Kier molecular flexibility index (Phi) is 4.49. The molecule has 1 aromatic carbocycles. The van der Waals surface area contributed by atoms with E-state index >= 15 is 0 Å². The molecule has 2 unspecified atom stereocenters. The largest absolute Gasteiger partial charge is 0.353 e. The maximum Gasteiger partial charge on any atom is 0.223 e. The Bertz CT molecular complexity index is 512. The fraction of sp³-hybridized carbons (Fsp3) is 0.400. The van der Waals surface area contributed by atoms with E-state index in [2.05, 4.69) is 22.4 Å². The van der Waals surface area contributed by atoms with Gasteiger partial charge in [0.25, 0.3) is 0 Å². The second kappa shape index (κ2) is 6.71. The summed E-state index contributed by atoms with van der Waals surface area (Å²) in [5.41, 5.74) is 1.14. The minimum atomic E-state index is -0.0366. The van der Waals surface area contributed by atoms with Crippen LogP contribution in [-0.4, -0.2) is 44.2 Å². The van der Waals surface area contributed by atoms with Crippen molar-refractivity contribution in [3.8, 4) is 0 Å². The number of benzene rings is 1. The number of hydrogen-bond acceptors (Lipinski definition) is 4. The predicted molar refractivity (Wildman–Crippen MR) is 78.3 cm³/mol. The molecule has 0 radical (unpaired) electrons. The molecule has 1 fully saturated rings. The average molecular weight is 289 g/mol. The zero-order valence-electron chi connectivity index (χ0n) is 11.9. The van der Waals surface area contributed by atoms with E-state index in [0.29, 0.717) is 26.0 Å². The van der Waals surface area contributed by atoms with E-state index in [9.17, 15) is 0 Å². The molecule has 6 heteroatoms. The van der Waals surface area contributed by atoms with Gasteiger partial charge in [0.1, 0.15) is 25.5 Å². The third kappa shape index (κ3) is 3.24. The predicted octanol–water partition coefficient (Wildman–Crippen LogP) is 1.44. The zero-order valence-corrected chi connectivity index (χ0v) is 11.9. The van der Waals surface area contributed by atoms with Gasteiger partial charge >= 0.3 is 0 Å². The number of rotatable bonds is 4. The van der Waals surface area contributed by atoms with E-state index in [0.717, 1.165) is 5.56 Å². The molecule has 1 N–H and O–H groups in total. The first kappa shape index (κ1) is 14.1. The van der Waals surface area contributed by atoms with E-state index in [1.807, 2.05) is 30.5 Å². The van der Waals surface area contributed by atoms with Crippen LogP contribution in [-0.2, 0) is 14.3 Å². The third-order valence-corrected chi connectivity index (χ3v) is 3.40. The maximum atomic E-state index is 5.92. The summed E-state index contributed by atoms with van der Waals surface area (Å²) in [6.07, 6.45) is 3.89. The number of ether oxygens (including phenoxy) is 2. The van der Waals surface area contributed by atoms with E-state index in [-0.39, 0.29) is 12.1 Å². The van der Waals surface area contributed by atoms with E-state index in [1.54, 1.807) is 12.1 Å². The van der Waals surface area contributed by atoms with Crippen LogP contribution in [0, 0.1) is 0 Å². The minimum Gasteiger partial charge on any atom is -0.353 e. The topological polar surface area (TPSA) is 55.3 Å². The lowest BCUT2D eigenvalue weighted by molar-refractivity contribution is -0.147. The zero-order chi connectivity index (χ0) is 14.5. The van der Waals surface area contributed by atoms with Crippen LogP contribution in [0.25, 0.3) is 0 Å². The van der Waals surface area contributed by atoms with E-state index < -0.39 is 0 Å². The van der Waals surface area contributed by atoms with Crippen LogP contribution in [0.15, 0.2) is 47.6 Å². The first-order valence-corrected chi connectivity index (χ1v) is 6.95. The summed E-state index contributed by atoms with van der Waals surface area (Å²) in [7, 11) is 1.73. The molecule has 2 atom stereocenters. The highest BCUT2D eigenvalue weighted by atomic mass is 16.7. The SMILES string of the molecule is CN=C1NC=CC(c2ccccc2)N1OCC1COCO1. The molecule has 2 aliphatic heterocycles. The fourth-order valence-corrected chi connectivity index (χ4v) is 2.32. The van der Waals surface area contributed by atoms with Gasteiger partial charge in [0.05, 0.1) is 6.61 Å². The highest BCUT2D eigenvalue weighted by Gasteiger charge is 2.27. The van der Waals surface area contributed by atoms with Gasteiger partial charge in [-0.2, -0.15) is 0 Å². The maximum absolute atomic E-state index is 5.92. The monoisotopic (exact) mass is 289 g/mol. The van der Waals surface area contributed by atoms with Crippen LogP contribution in [0.4, 0.5) is 0 Å². The Morgan fingerprint density at radius 2 is 2.24 bits per heavy atom. The second-order valence-corrected chi connectivity index (χ2v) is 4.81. The summed E-state index contributed by atoms with van der Waals surface area (Å²) in [5.74, 6) is 0.672. The van der Waals surface area contributed by atoms with Crippen molar-refractivity contribution in [3.63, 3.8) is 0 Å². The van der Waals surface area contributed by atoms with Gasteiger partial charge in [-0.1, -0.05) is 30.3 Å². The molecule has 0 spiro atoms. The minimum absolute atomic E-state index is 0.0199. The molecule has 2 aliphatic rings. The molecular formula is C15H19N3O3. The Labute approximate surface area is 124 Å². The molecular weight excluding hydrogens is 270 g/mol. The van der Waals surface area contributed by atoms with Gasteiger partial charge in [-0.15, -0.1) is 0 Å². The number of hydroxylamine groups is 2. The Morgan fingerprint density at radius 1 is 1.38 bits per heavy atom. The molecule has 2 heterocycles. The van der Waals surface area contributed by atoms with Gasteiger partial charge < -0.3 is 14.8 Å². The van der Waals surface area contributed by atoms with Crippen molar-refractivity contribution in [2.75, 3.05) is 27.1 Å². The summed E-state index contributed by atoms with van der Waals surface area (Å²) < 4.78 is 10.6. The molecule has 21 heavy (non-hydrogen) atoms. The lowest BCUT2D eigenvalue weighted by Crippen LogP contribution is -2.45. The lowest BCUT2D eigenvalue weighted by atomic mass is 10.1. The fourth-order valence-electron chi connectivity index (χ4n) is 2.32. The highest BCUT2D eigenvalue weighted by Crippen LogP contribution is 2.25. The quantitative estimate of drug-likeness (QED) is 0.909. The first-order chi connectivity index (χ1) is 10.4. The molecule has 0 saturated carbocycles. The van der Waals surface area contributed by atoms with Gasteiger partial charge in [-0.05, 0) is 11.6 Å². The van der Waals surface area contributed by atoms with Crippen molar-refractivity contribution in [1.82, 2.24) is 10.4 Å². The van der Waals surface area contributed by atoms with Gasteiger partial charge in [0.2, 0.25) is 5.96 Å². The first-order valence-electron chi connectivity index (χ1n) is 6.95. The number of nitrogens with one attached hydrogen (secondary N) is 1. The van der Waals surface area contributed by atoms with Crippen molar-refractivity contribution in [1.29, 1.82) is 0 Å². The lowest BCUT2D eigenvalue weighted by Gasteiger charge is -2.34. The molecule has 0 aliphatic carbocycles. The van der Waals surface area contributed by atoms with Gasteiger partial charge in [-0.3, -0.25) is 9.83 Å². The van der Waals surface area contributed by atoms with Crippen LogP contribution in [0.3, 0.4) is 0 Å². The summed E-state index contributed by atoms with van der Waals surface area (Å²) in [5, 5.41) is 4.87. The van der Waals surface area contributed by atoms with Gasteiger partial charge in [-0.25, -0.2) is 5.06 Å². The van der Waals surface area contributed by atoms with Crippen LogP contribution in [0.5, 0.6) is 0 Å². The number of hydrogen-bond donors (Lipinski definition) is 1. The van der Waals surface area contributed by atoms with Crippen LogP contribution in [0.1, 0.15) is 11.6 Å².